The van der Waals surface area contributed by atoms with E-state index in [9.17, 15) is 9.90 Å². The van der Waals surface area contributed by atoms with Crippen molar-refractivity contribution in [2.24, 2.45) is 0 Å². The Bertz CT molecular complexity index is 622. The standard InChI is InChI=1S/C17H27N5O3/c1-13(23)11-21-9-5-14(6-10-21)16-18-15(25-19-16)12-20(2)17(24)22-7-3-4-8-22/h5,13,23H,3-4,6-12H2,1-2H3. The van der Waals surface area contributed by atoms with E-state index in [1.54, 1.807) is 18.9 Å². The average molecular weight is 349 g/mol. The summed E-state index contributed by atoms with van der Waals surface area (Å²) in [5.74, 6) is 1.06. The van der Waals surface area contributed by atoms with Crippen LogP contribution in [0.2, 0.25) is 0 Å². The van der Waals surface area contributed by atoms with Gasteiger partial charge in [-0.2, -0.15) is 4.98 Å². The predicted octanol–water partition coefficient (Wildman–Crippen LogP) is 1.19. The third-order valence-electron chi connectivity index (χ3n) is 4.65. The molecule has 0 aliphatic carbocycles. The number of carbonyl (C=O) groups excluding carboxylic acids is 1. The van der Waals surface area contributed by atoms with Crippen LogP contribution < -0.4 is 0 Å². The molecular formula is C17H27N5O3. The number of hydrogen-bond acceptors (Lipinski definition) is 6. The number of rotatable bonds is 5. The first-order valence-electron chi connectivity index (χ1n) is 8.95. The van der Waals surface area contributed by atoms with Gasteiger partial charge < -0.3 is 19.4 Å². The highest BCUT2D eigenvalue weighted by Gasteiger charge is 2.23. The van der Waals surface area contributed by atoms with Crippen LogP contribution in [-0.2, 0) is 6.54 Å². The summed E-state index contributed by atoms with van der Waals surface area (Å²) < 4.78 is 5.32. The summed E-state index contributed by atoms with van der Waals surface area (Å²) in [6.45, 7) is 6.09. The number of amides is 2. The van der Waals surface area contributed by atoms with Gasteiger partial charge >= 0.3 is 6.03 Å². The first-order valence-corrected chi connectivity index (χ1v) is 8.95. The van der Waals surface area contributed by atoms with Crippen molar-refractivity contribution in [2.75, 3.05) is 39.8 Å². The molecule has 0 saturated carbocycles. The molecular weight excluding hydrogens is 322 g/mol. The number of aliphatic hydroxyl groups is 1. The Morgan fingerprint density at radius 2 is 2.16 bits per heavy atom. The molecule has 2 aliphatic rings. The molecule has 1 fully saturated rings. The molecule has 3 rings (SSSR count). The fraction of sp³-hybridized carbons (Fsp3) is 0.706. The second-order valence-electron chi connectivity index (χ2n) is 6.93. The van der Waals surface area contributed by atoms with Crippen molar-refractivity contribution < 1.29 is 14.4 Å². The average Bonchev–Trinajstić information content (AvgIpc) is 3.26. The number of aromatic nitrogens is 2. The second-order valence-corrected chi connectivity index (χ2v) is 6.93. The second kappa shape index (κ2) is 7.97. The highest BCUT2D eigenvalue weighted by Crippen LogP contribution is 2.20. The van der Waals surface area contributed by atoms with Gasteiger partial charge in [-0.1, -0.05) is 11.2 Å². The molecule has 0 spiro atoms. The van der Waals surface area contributed by atoms with Crippen LogP contribution in [0, 0.1) is 0 Å². The molecule has 1 unspecified atom stereocenters. The minimum Gasteiger partial charge on any atom is -0.392 e. The Morgan fingerprint density at radius 1 is 1.40 bits per heavy atom. The van der Waals surface area contributed by atoms with Gasteiger partial charge in [-0.05, 0) is 31.8 Å². The van der Waals surface area contributed by atoms with E-state index in [4.69, 9.17) is 4.52 Å². The van der Waals surface area contributed by atoms with Crippen molar-refractivity contribution in [3.8, 4) is 0 Å². The minimum atomic E-state index is -0.324. The third kappa shape index (κ3) is 4.58. The van der Waals surface area contributed by atoms with Gasteiger partial charge in [-0.3, -0.25) is 4.90 Å². The number of carbonyl (C=O) groups is 1. The van der Waals surface area contributed by atoms with Crippen LogP contribution in [-0.4, -0.2) is 81.9 Å². The van der Waals surface area contributed by atoms with Gasteiger partial charge in [-0.15, -0.1) is 0 Å². The first kappa shape index (κ1) is 17.9. The number of likely N-dealkylation sites (tertiary alicyclic amines) is 1. The zero-order valence-electron chi connectivity index (χ0n) is 15.0. The lowest BCUT2D eigenvalue weighted by atomic mass is 10.1. The quantitative estimate of drug-likeness (QED) is 0.859. The molecule has 0 aromatic carbocycles. The largest absolute Gasteiger partial charge is 0.392 e. The topological polar surface area (TPSA) is 85.9 Å². The normalized spacial score (nSPS) is 19.8. The van der Waals surface area contributed by atoms with Crippen LogP contribution in [0.1, 0.15) is 37.9 Å². The van der Waals surface area contributed by atoms with Crippen LogP contribution >= 0.6 is 0 Å². The minimum absolute atomic E-state index is 0.0166. The number of aliphatic hydroxyl groups excluding tert-OH is 1. The molecule has 1 aromatic heterocycles. The Morgan fingerprint density at radius 3 is 2.80 bits per heavy atom. The molecule has 3 heterocycles. The fourth-order valence-electron chi connectivity index (χ4n) is 3.32. The summed E-state index contributed by atoms with van der Waals surface area (Å²) in [7, 11) is 1.76. The van der Waals surface area contributed by atoms with E-state index in [-0.39, 0.29) is 12.1 Å². The van der Waals surface area contributed by atoms with Gasteiger partial charge in [0.1, 0.15) is 6.54 Å². The lowest BCUT2D eigenvalue weighted by Gasteiger charge is -2.26. The van der Waals surface area contributed by atoms with E-state index in [1.165, 1.54) is 0 Å². The van der Waals surface area contributed by atoms with Gasteiger partial charge in [0.2, 0.25) is 5.89 Å². The monoisotopic (exact) mass is 349 g/mol. The van der Waals surface area contributed by atoms with Crippen molar-refractivity contribution in [1.29, 1.82) is 0 Å². The molecule has 1 atom stereocenters. The summed E-state index contributed by atoms with van der Waals surface area (Å²) in [4.78, 5) is 22.4. The summed E-state index contributed by atoms with van der Waals surface area (Å²) in [6, 6.07) is 0.0166. The van der Waals surface area contributed by atoms with Crippen molar-refractivity contribution >= 4 is 11.6 Å². The SMILES string of the molecule is CC(O)CN1CC=C(c2noc(CN(C)C(=O)N3CCCC3)n2)CC1. The molecule has 1 saturated heterocycles. The van der Waals surface area contributed by atoms with Crippen LogP contribution in [0.25, 0.3) is 5.57 Å². The highest BCUT2D eigenvalue weighted by molar-refractivity contribution is 5.74. The fourth-order valence-corrected chi connectivity index (χ4v) is 3.32. The number of nitrogens with zero attached hydrogens (tertiary/aromatic N) is 5. The maximum atomic E-state index is 12.3. The zero-order valence-corrected chi connectivity index (χ0v) is 15.0. The van der Waals surface area contributed by atoms with Crippen LogP contribution in [0.15, 0.2) is 10.6 Å². The summed E-state index contributed by atoms with van der Waals surface area (Å²) in [5.41, 5.74) is 1.06. The Balaban J connectivity index is 1.55. The van der Waals surface area contributed by atoms with Gasteiger partial charge in [0.15, 0.2) is 5.82 Å². The summed E-state index contributed by atoms with van der Waals surface area (Å²) in [5, 5.41) is 13.5. The molecule has 8 nitrogen and oxygen atoms in total. The van der Waals surface area contributed by atoms with E-state index in [0.29, 0.717) is 24.8 Å². The Kier molecular flexibility index (Phi) is 5.70. The maximum absolute atomic E-state index is 12.3. The van der Waals surface area contributed by atoms with Gasteiger partial charge in [0.05, 0.1) is 6.10 Å². The van der Waals surface area contributed by atoms with E-state index in [1.807, 2.05) is 4.90 Å². The smallest absolute Gasteiger partial charge is 0.320 e. The van der Waals surface area contributed by atoms with E-state index in [0.717, 1.165) is 51.0 Å². The molecule has 2 amide bonds. The van der Waals surface area contributed by atoms with Crippen LogP contribution in [0.5, 0.6) is 0 Å². The lowest BCUT2D eigenvalue weighted by Crippen LogP contribution is -2.39. The predicted molar refractivity (Wildman–Crippen MR) is 92.7 cm³/mol. The summed E-state index contributed by atoms with van der Waals surface area (Å²) >= 11 is 0. The van der Waals surface area contributed by atoms with Crippen molar-refractivity contribution in [3.63, 3.8) is 0 Å². The Hall–Kier alpha value is -1.93. The van der Waals surface area contributed by atoms with Crippen molar-refractivity contribution in [3.05, 3.63) is 17.8 Å². The molecule has 138 valence electrons. The first-order chi connectivity index (χ1) is 12.0. The Labute approximate surface area is 148 Å². The number of hydrogen-bond donors (Lipinski definition) is 1. The lowest BCUT2D eigenvalue weighted by molar-refractivity contribution is 0.133. The molecule has 0 bridgehead atoms. The molecule has 2 aliphatic heterocycles. The van der Waals surface area contributed by atoms with Crippen molar-refractivity contribution in [2.45, 2.75) is 38.8 Å². The van der Waals surface area contributed by atoms with Crippen molar-refractivity contribution in [1.82, 2.24) is 24.8 Å². The molecule has 25 heavy (non-hydrogen) atoms. The summed E-state index contributed by atoms with van der Waals surface area (Å²) in [6.07, 6.45) is 4.73. The van der Waals surface area contributed by atoms with E-state index >= 15 is 0 Å². The van der Waals surface area contributed by atoms with E-state index < -0.39 is 0 Å². The molecule has 0 radical (unpaired) electrons. The maximum Gasteiger partial charge on any atom is 0.320 e. The van der Waals surface area contributed by atoms with Gasteiger partial charge in [-0.25, -0.2) is 4.79 Å². The third-order valence-corrected chi connectivity index (χ3v) is 4.65. The van der Waals surface area contributed by atoms with E-state index in [2.05, 4.69) is 21.1 Å². The highest BCUT2D eigenvalue weighted by atomic mass is 16.5. The molecule has 8 heteroatoms. The van der Waals surface area contributed by atoms with Crippen LogP contribution in [0.3, 0.4) is 0 Å². The van der Waals surface area contributed by atoms with Gasteiger partial charge in [0.25, 0.3) is 0 Å². The van der Waals surface area contributed by atoms with Gasteiger partial charge in [0, 0.05) is 39.8 Å². The zero-order chi connectivity index (χ0) is 17.8. The number of urea groups is 1. The molecule has 1 aromatic rings. The number of β-amino-alcohol motifs (C(OH)–C–C–N with tert-alkyl or cyclic N) is 1. The van der Waals surface area contributed by atoms with Crippen LogP contribution in [0.4, 0.5) is 4.79 Å². The molecule has 1 N–H and O–H groups in total.